The summed E-state index contributed by atoms with van der Waals surface area (Å²) in [6.45, 7) is 0.0743. The number of fused-ring (bicyclic) bond motifs is 1. The number of nitrogens with zero attached hydrogens (tertiary/aromatic N) is 1. The maximum Gasteiger partial charge on any atom is 0.276 e. The van der Waals surface area contributed by atoms with Crippen LogP contribution in [0.3, 0.4) is 0 Å². The third-order valence-corrected chi connectivity index (χ3v) is 3.79. The topological polar surface area (TPSA) is 93.9 Å². The van der Waals surface area contributed by atoms with Crippen LogP contribution in [0.5, 0.6) is 11.5 Å². The van der Waals surface area contributed by atoms with Crippen LogP contribution in [0.25, 0.3) is 0 Å². The molecule has 3 rings (SSSR count). The number of amides is 2. The van der Waals surface area contributed by atoms with Crippen molar-refractivity contribution in [2.45, 2.75) is 6.10 Å². The number of benzene rings is 2. The van der Waals surface area contributed by atoms with Gasteiger partial charge in [-0.3, -0.25) is 15.0 Å². The Hall–Kier alpha value is -3.06. The van der Waals surface area contributed by atoms with E-state index in [0.717, 1.165) is 0 Å². The van der Waals surface area contributed by atoms with Crippen molar-refractivity contribution in [2.24, 2.45) is 5.84 Å². The number of nitrogens with one attached hydrogen (secondary N) is 1. The van der Waals surface area contributed by atoms with Crippen LogP contribution in [0.4, 0.5) is 5.69 Å². The summed E-state index contributed by atoms with van der Waals surface area (Å²) in [6, 6.07) is 13.8. The monoisotopic (exact) mass is 327 g/mol. The molecule has 0 spiro atoms. The van der Waals surface area contributed by atoms with Crippen molar-refractivity contribution < 1.29 is 19.1 Å². The van der Waals surface area contributed by atoms with Gasteiger partial charge >= 0.3 is 0 Å². The minimum absolute atomic E-state index is 0.0743. The number of anilines is 1. The third-order valence-electron chi connectivity index (χ3n) is 3.79. The SMILES string of the molecule is COc1ccc(C(=O)N2CC(C(=O)NN)Oc3ccccc32)cc1. The van der Waals surface area contributed by atoms with Gasteiger partial charge in [-0.1, -0.05) is 12.1 Å². The minimum Gasteiger partial charge on any atom is -0.497 e. The molecule has 124 valence electrons. The number of carbonyl (C=O) groups is 2. The van der Waals surface area contributed by atoms with Gasteiger partial charge in [0.05, 0.1) is 19.3 Å². The summed E-state index contributed by atoms with van der Waals surface area (Å²) in [5.74, 6) is 5.59. The largest absolute Gasteiger partial charge is 0.497 e. The molecular formula is C17H17N3O4. The van der Waals surface area contributed by atoms with E-state index in [2.05, 4.69) is 5.43 Å². The fraction of sp³-hybridized carbons (Fsp3) is 0.176. The van der Waals surface area contributed by atoms with Crippen LogP contribution in [0.15, 0.2) is 48.5 Å². The molecule has 0 bridgehead atoms. The third kappa shape index (κ3) is 2.89. The summed E-state index contributed by atoms with van der Waals surface area (Å²) in [6.07, 6.45) is -0.868. The Morgan fingerprint density at radius 2 is 1.92 bits per heavy atom. The molecule has 1 unspecified atom stereocenters. The number of hydrogen-bond donors (Lipinski definition) is 2. The first-order valence-corrected chi connectivity index (χ1v) is 7.36. The van der Waals surface area contributed by atoms with E-state index in [0.29, 0.717) is 22.7 Å². The Kier molecular flexibility index (Phi) is 4.35. The molecule has 2 amide bonds. The van der Waals surface area contributed by atoms with Gasteiger partial charge in [-0.15, -0.1) is 0 Å². The molecule has 1 atom stereocenters. The zero-order valence-electron chi connectivity index (χ0n) is 13.1. The number of rotatable bonds is 3. The van der Waals surface area contributed by atoms with Crippen molar-refractivity contribution in [1.82, 2.24) is 5.43 Å². The van der Waals surface area contributed by atoms with Crippen LogP contribution < -0.4 is 25.6 Å². The number of nitrogens with two attached hydrogens (primary N) is 1. The van der Waals surface area contributed by atoms with Crippen molar-refractivity contribution in [3.05, 3.63) is 54.1 Å². The number of carbonyl (C=O) groups excluding carboxylic acids is 2. The van der Waals surface area contributed by atoms with E-state index in [1.807, 2.05) is 0 Å². The van der Waals surface area contributed by atoms with Gasteiger partial charge in [0.25, 0.3) is 11.8 Å². The molecule has 0 saturated carbocycles. The predicted molar refractivity (Wildman–Crippen MR) is 87.9 cm³/mol. The number of methoxy groups -OCH3 is 1. The van der Waals surface area contributed by atoms with Crippen LogP contribution in [-0.2, 0) is 4.79 Å². The average Bonchev–Trinajstić information content (AvgIpc) is 2.66. The molecule has 0 saturated heterocycles. The van der Waals surface area contributed by atoms with Gasteiger partial charge in [-0.25, -0.2) is 5.84 Å². The van der Waals surface area contributed by atoms with E-state index in [4.69, 9.17) is 15.3 Å². The highest BCUT2D eigenvalue weighted by Gasteiger charge is 2.33. The lowest BCUT2D eigenvalue weighted by molar-refractivity contribution is -0.127. The highest BCUT2D eigenvalue weighted by molar-refractivity contribution is 6.07. The van der Waals surface area contributed by atoms with Gasteiger partial charge in [-0.2, -0.15) is 0 Å². The van der Waals surface area contributed by atoms with E-state index < -0.39 is 12.0 Å². The summed E-state index contributed by atoms with van der Waals surface area (Å²) >= 11 is 0. The van der Waals surface area contributed by atoms with Gasteiger partial charge < -0.3 is 14.4 Å². The Morgan fingerprint density at radius 3 is 2.58 bits per heavy atom. The molecule has 0 aromatic heterocycles. The van der Waals surface area contributed by atoms with Gasteiger partial charge in [0.15, 0.2) is 6.10 Å². The smallest absolute Gasteiger partial charge is 0.276 e. The molecule has 1 aliphatic rings. The lowest BCUT2D eigenvalue weighted by atomic mass is 10.1. The Morgan fingerprint density at radius 1 is 1.21 bits per heavy atom. The van der Waals surface area contributed by atoms with E-state index in [-0.39, 0.29) is 12.5 Å². The van der Waals surface area contributed by atoms with Crippen molar-refractivity contribution in [3.63, 3.8) is 0 Å². The molecule has 7 nitrogen and oxygen atoms in total. The summed E-state index contributed by atoms with van der Waals surface area (Å²) in [4.78, 5) is 26.2. The highest BCUT2D eigenvalue weighted by Crippen LogP contribution is 2.34. The second-order valence-corrected chi connectivity index (χ2v) is 5.23. The lowest BCUT2D eigenvalue weighted by Gasteiger charge is -2.34. The number of hydrazine groups is 1. The molecule has 0 radical (unpaired) electrons. The maximum atomic E-state index is 12.9. The highest BCUT2D eigenvalue weighted by atomic mass is 16.5. The van der Waals surface area contributed by atoms with E-state index in [9.17, 15) is 9.59 Å². The fourth-order valence-electron chi connectivity index (χ4n) is 2.55. The summed E-state index contributed by atoms with van der Waals surface area (Å²) in [5.41, 5.74) is 3.16. The first kappa shape index (κ1) is 15.8. The van der Waals surface area contributed by atoms with Crippen LogP contribution in [0.1, 0.15) is 10.4 Å². The first-order valence-electron chi connectivity index (χ1n) is 7.36. The summed E-state index contributed by atoms with van der Waals surface area (Å²) in [7, 11) is 1.56. The van der Waals surface area contributed by atoms with E-state index >= 15 is 0 Å². The molecule has 0 fully saturated rings. The van der Waals surface area contributed by atoms with Gasteiger partial charge in [0, 0.05) is 5.56 Å². The molecule has 1 aliphatic heterocycles. The Balaban J connectivity index is 1.94. The van der Waals surface area contributed by atoms with Gasteiger partial charge in [0.1, 0.15) is 11.5 Å². The van der Waals surface area contributed by atoms with Gasteiger partial charge in [-0.05, 0) is 36.4 Å². The predicted octanol–water partition coefficient (Wildman–Crippen LogP) is 1.09. The van der Waals surface area contributed by atoms with Crippen LogP contribution in [-0.4, -0.2) is 31.6 Å². The fourth-order valence-corrected chi connectivity index (χ4v) is 2.55. The summed E-state index contributed by atoms with van der Waals surface area (Å²) in [5, 5.41) is 0. The quantitative estimate of drug-likeness (QED) is 0.500. The van der Waals surface area contributed by atoms with Crippen LogP contribution in [0, 0.1) is 0 Å². The van der Waals surface area contributed by atoms with Crippen LogP contribution >= 0.6 is 0 Å². The number of hydrogen-bond acceptors (Lipinski definition) is 5. The van der Waals surface area contributed by atoms with Gasteiger partial charge in [0.2, 0.25) is 0 Å². The number of para-hydroxylation sites is 2. The van der Waals surface area contributed by atoms with Crippen LogP contribution in [0.2, 0.25) is 0 Å². The molecule has 3 N–H and O–H groups in total. The van der Waals surface area contributed by atoms with E-state index in [1.54, 1.807) is 55.6 Å². The Labute approximate surface area is 138 Å². The zero-order chi connectivity index (χ0) is 17.1. The summed E-state index contributed by atoms with van der Waals surface area (Å²) < 4.78 is 10.7. The van der Waals surface area contributed by atoms with Crippen molar-refractivity contribution >= 4 is 17.5 Å². The molecular weight excluding hydrogens is 310 g/mol. The second-order valence-electron chi connectivity index (χ2n) is 5.23. The number of ether oxygens (including phenoxy) is 2. The second kappa shape index (κ2) is 6.59. The zero-order valence-corrected chi connectivity index (χ0v) is 13.1. The van der Waals surface area contributed by atoms with E-state index in [1.165, 1.54) is 4.90 Å². The van der Waals surface area contributed by atoms with Crippen molar-refractivity contribution in [3.8, 4) is 11.5 Å². The average molecular weight is 327 g/mol. The molecule has 0 aliphatic carbocycles. The minimum atomic E-state index is -0.868. The first-order chi connectivity index (χ1) is 11.6. The standard InChI is InChI=1S/C17H17N3O4/c1-23-12-8-6-11(7-9-12)17(22)20-10-15(16(21)19-18)24-14-5-3-2-4-13(14)20/h2-9,15H,10,18H2,1H3,(H,19,21). The molecule has 24 heavy (non-hydrogen) atoms. The molecule has 2 aromatic carbocycles. The van der Waals surface area contributed by atoms with Crippen molar-refractivity contribution in [2.75, 3.05) is 18.6 Å². The molecule has 1 heterocycles. The van der Waals surface area contributed by atoms with Crippen molar-refractivity contribution in [1.29, 1.82) is 0 Å². The normalized spacial score (nSPS) is 15.9. The molecule has 2 aromatic rings. The Bertz CT molecular complexity index is 761. The maximum absolute atomic E-state index is 12.9. The lowest BCUT2D eigenvalue weighted by Crippen LogP contribution is -2.52. The molecule has 7 heteroatoms.